The molecule has 0 unspecified atom stereocenters. The fourth-order valence-corrected chi connectivity index (χ4v) is 2.44. The van der Waals surface area contributed by atoms with Gasteiger partial charge in [0.15, 0.2) is 0 Å². The third kappa shape index (κ3) is 1.93. The summed E-state index contributed by atoms with van der Waals surface area (Å²) in [6.07, 6.45) is 4.82. The lowest BCUT2D eigenvalue weighted by Crippen LogP contribution is -2.32. The molecular weight excluding hydrogens is 233 g/mol. The van der Waals surface area contributed by atoms with Crippen molar-refractivity contribution in [3.05, 3.63) is 29.1 Å². The van der Waals surface area contributed by atoms with E-state index in [2.05, 4.69) is 4.99 Å². The zero-order valence-corrected chi connectivity index (χ0v) is 10.6. The second-order valence-electron chi connectivity index (χ2n) is 4.59. The van der Waals surface area contributed by atoms with Crippen molar-refractivity contribution in [3.63, 3.8) is 0 Å². The molecule has 4 heteroatoms. The normalized spacial score (nSPS) is 16.6. The monoisotopic (exact) mass is 249 g/mol. The first kappa shape index (κ1) is 12.8. The number of isocyanates is 1. The quantitative estimate of drug-likeness (QED) is 0.607. The number of methoxy groups -OCH3 is 1. The van der Waals surface area contributed by atoms with Gasteiger partial charge in [-0.25, -0.2) is 9.18 Å². The molecule has 0 radical (unpaired) electrons. The van der Waals surface area contributed by atoms with Gasteiger partial charge in [-0.1, -0.05) is 6.92 Å². The van der Waals surface area contributed by atoms with Crippen LogP contribution in [0.5, 0.6) is 5.75 Å². The highest BCUT2D eigenvalue weighted by Gasteiger charge is 2.41. The summed E-state index contributed by atoms with van der Waals surface area (Å²) in [5, 5.41) is 0. The van der Waals surface area contributed by atoms with Gasteiger partial charge in [0.2, 0.25) is 6.08 Å². The molecule has 1 aromatic carbocycles. The van der Waals surface area contributed by atoms with Gasteiger partial charge in [0, 0.05) is 11.6 Å². The Morgan fingerprint density at radius 1 is 1.50 bits per heavy atom. The van der Waals surface area contributed by atoms with Gasteiger partial charge in [0.25, 0.3) is 0 Å². The van der Waals surface area contributed by atoms with Crippen LogP contribution in [0.4, 0.5) is 4.39 Å². The summed E-state index contributed by atoms with van der Waals surface area (Å²) in [5.74, 6) is 0.186. The molecule has 1 aliphatic rings. The van der Waals surface area contributed by atoms with E-state index in [9.17, 15) is 9.18 Å². The van der Waals surface area contributed by atoms with E-state index >= 15 is 0 Å². The summed E-state index contributed by atoms with van der Waals surface area (Å²) < 4.78 is 18.9. The average molecular weight is 249 g/mol. The number of ether oxygens (including phenoxy) is 1. The Hall–Kier alpha value is -1.67. The molecule has 1 aliphatic carbocycles. The van der Waals surface area contributed by atoms with Crippen molar-refractivity contribution >= 4 is 6.08 Å². The fourth-order valence-electron chi connectivity index (χ4n) is 2.44. The first-order valence-corrected chi connectivity index (χ1v) is 6.13. The first-order valence-electron chi connectivity index (χ1n) is 6.13. The molecule has 0 N–H and O–H groups in total. The Kier molecular flexibility index (Phi) is 3.48. The summed E-state index contributed by atoms with van der Waals surface area (Å²) >= 11 is 0. The van der Waals surface area contributed by atoms with Crippen molar-refractivity contribution in [2.75, 3.05) is 7.11 Å². The number of nitrogens with zero attached hydrogens (tertiary/aromatic N) is 1. The molecule has 0 heterocycles. The SMILES string of the molecule is CCc1cc(C2(N=C=O)CCC2)c(OC)cc1F. The molecule has 0 aromatic heterocycles. The number of carbonyl (C=O) groups excluding carboxylic acids is 1. The van der Waals surface area contributed by atoms with Crippen molar-refractivity contribution in [1.29, 1.82) is 0 Å². The van der Waals surface area contributed by atoms with E-state index in [1.807, 2.05) is 6.92 Å². The molecule has 18 heavy (non-hydrogen) atoms. The van der Waals surface area contributed by atoms with Crippen molar-refractivity contribution in [2.45, 2.75) is 38.1 Å². The molecule has 1 fully saturated rings. The predicted molar refractivity (Wildman–Crippen MR) is 66.0 cm³/mol. The summed E-state index contributed by atoms with van der Waals surface area (Å²) in [5.41, 5.74) is 0.876. The molecule has 1 saturated carbocycles. The molecular formula is C14H16FNO2. The van der Waals surface area contributed by atoms with E-state index in [-0.39, 0.29) is 5.82 Å². The minimum Gasteiger partial charge on any atom is -0.496 e. The molecule has 0 saturated heterocycles. The number of halogens is 1. The Bertz CT molecular complexity index is 503. The number of aliphatic imine (C=N–C) groups is 1. The van der Waals surface area contributed by atoms with Crippen LogP contribution in [0.15, 0.2) is 17.1 Å². The van der Waals surface area contributed by atoms with E-state index in [1.165, 1.54) is 13.2 Å². The molecule has 0 atom stereocenters. The van der Waals surface area contributed by atoms with Crippen LogP contribution < -0.4 is 4.74 Å². The molecule has 1 aromatic rings. The maximum absolute atomic E-state index is 13.7. The number of benzene rings is 1. The molecule has 96 valence electrons. The minimum absolute atomic E-state index is 0.275. The van der Waals surface area contributed by atoms with Gasteiger partial charge in [-0.2, -0.15) is 4.99 Å². The summed E-state index contributed by atoms with van der Waals surface area (Å²) in [6.45, 7) is 1.89. The third-order valence-electron chi connectivity index (χ3n) is 3.69. The second-order valence-corrected chi connectivity index (χ2v) is 4.59. The lowest BCUT2D eigenvalue weighted by Gasteiger charge is -2.38. The number of hydrogen-bond donors (Lipinski definition) is 0. The zero-order valence-electron chi connectivity index (χ0n) is 10.6. The number of rotatable bonds is 4. The lowest BCUT2D eigenvalue weighted by atomic mass is 9.71. The molecule has 0 spiro atoms. The van der Waals surface area contributed by atoms with Crippen LogP contribution in [-0.4, -0.2) is 13.2 Å². The van der Waals surface area contributed by atoms with Crippen LogP contribution in [0.25, 0.3) is 0 Å². The zero-order chi connectivity index (χ0) is 13.2. The molecule has 3 nitrogen and oxygen atoms in total. The van der Waals surface area contributed by atoms with Gasteiger partial charge in [0.1, 0.15) is 17.1 Å². The second kappa shape index (κ2) is 4.91. The van der Waals surface area contributed by atoms with Gasteiger partial charge in [0.05, 0.1) is 7.11 Å². The third-order valence-corrected chi connectivity index (χ3v) is 3.69. The largest absolute Gasteiger partial charge is 0.496 e. The molecule has 0 aliphatic heterocycles. The molecule has 0 bridgehead atoms. The predicted octanol–water partition coefficient (Wildman–Crippen LogP) is 3.11. The smallest absolute Gasteiger partial charge is 0.235 e. The van der Waals surface area contributed by atoms with E-state index in [0.29, 0.717) is 17.7 Å². The van der Waals surface area contributed by atoms with E-state index in [0.717, 1.165) is 24.8 Å². The fraction of sp³-hybridized carbons (Fsp3) is 0.500. The summed E-state index contributed by atoms with van der Waals surface area (Å²) in [4.78, 5) is 14.5. The Morgan fingerprint density at radius 2 is 2.22 bits per heavy atom. The summed E-state index contributed by atoms with van der Waals surface area (Å²) in [6, 6.07) is 3.16. The lowest BCUT2D eigenvalue weighted by molar-refractivity contribution is 0.245. The Morgan fingerprint density at radius 3 is 2.67 bits per heavy atom. The van der Waals surface area contributed by atoms with Gasteiger partial charge in [-0.05, 0) is 37.3 Å². The van der Waals surface area contributed by atoms with Crippen molar-refractivity contribution < 1.29 is 13.9 Å². The first-order chi connectivity index (χ1) is 8.66. The molecule has 0 amide bonds. The van der Waals surface area contributed by atoms with Crippen LogP contribution in [0.1, 0.15) is 37.3 Å². The van der Waals surface area contributed by atoms with Crippen LogP contribution in [0.2, 0.25) is 0 Å². The highest BCUT2D eigenvalue weighted by molar-refractivity contribution is 5.47. The van der Waals surface area contributed by atoms with Gasteiger partial charge >= 0.3 is 0 Å². The van der Waals surface area contributed by atoms with E-state index in [4.69, 9.17) is 4.74 Å². The van der Waals surface area contributed by atoms with Gasteiger partial charge in [-0.15, -0.1) is 0 Å². The number of aryl methyl sites for hydroxylation is 1. The average Bonchev–Trinajstić information content (AvgIpc) is 2.33. The van der Waals surface area contributed by atoms with Crippen molar-refractivity contribution in [3.8, 4) is 5.75 Å². The van der Waals surface area contributed by atoms with Gasteiger partial charge < -0.3 is 4.74 Å². The maximum Gasteiger partial charge on any atom is 0.235 e. The summed E-state index contributed by atoms with van der Waals surface area (Å²) in [7, 11) is 1.50. The minimum atomic E-state index is -0.551. The number of hydrogen-bond acceptors (Lipinski definition) is 3. The Labute approximate surface area is 106 Å². The van der Waals surface area contributed by atoms with Crippen LogP contribution >= 0.6 is 0 Å². The Balaban J connectivity index is 2.57. The van der Waals surface area contributed by atoms with Crippen LogP contribution in [0.3, 0.4) is 0 Å². The van der Waals surface area contributed by atoms with Gasteiger partial charge in [-0.3, -0.25) is 0 Å². The highest BCUT2D eigenvalue weighted by Crippen LogP contribution is 2.48. The van der Waals surface area contributed by atoms with E-state index in [1.54, 1.807) is 12.1 Å². The van der Waals surface area contributed by atoms with Crippen LogP contribution in [-0.2, 0) is 16.8 Å². The van der Waals surface area contributed by atoms with Crippen molar-refractivity contribution in [1.82, 2.24) is 0 Å². The van der Waals surface area contributed by atoms with Crippen LogP contribution in [0, 0.1) is 5.82 Å². The molecule has 2 rings (SSSR count). The van der Waals surface area contributed by atoms with Crippen molar-refractivity contribution in [2.24, 2.45) is 4.99 Å². The topological polar surface area (TPSA) is 38.7 Å². The maximum atomic E-state index is 13.7. The highest BCUT2D eigenvalue weighted by atomic mass is 19.1. The standard InChI is InChI=1S/C14H16FNO2/c1-3-10-7-11(13(18-2)8-12(10)15)14(16-9-17)5-4-6-14/h7-8H,3-6H2,1-2H3. The van der Waals surface area contributed by atoms with E-state index < -0.39 is 5.54 Å².